The van der Waals surface area contributed by atoms with Gasteiger partial charge >= 0.3 is 0 Å². The number of carbonyl (C=O) groups excluding carboxylic acids is 2. The summed E-state index contributed by atoms with van der Waals surface area (Å²) >= 11 is 0. The van der Waals surface area contributed by atoms with Gasteiger partial charge in [0.2, 0.25) is 5.91 Å². The predicted octanol–water partition coefficient (Wildman–Crippen LogP) is 0.180. The van der Waals surface area contributed by atoms with E-state index in [1.54, 1.807) is 16.6 Å². The first-order valence-electron chi connectivity index (χ1n) is 6.89. The molecule has 0 spiro atoms. The van der Waals surface area contributed by atoms with Crippen molar-refractivity contribution in [3.05, 3.63) is 11.9 Å². The molecule has 0 atom stereocenters. The molecule has 2 heterocycles. The molecule has 0 bridgehead atoms. The molecule has 0 saturated carbocycles. The molecule has 1 aliphatic heterocycles. The number of carbonyl (C=O) groups is 2. The molecular weight excluding hydrogens is 258 g/mol. The molecule has 7 nitrogen and oxygen atoms in total. The first-order chi connectivity index (χ1) is 9.54. The highest BCUT2D eigenvalue weighted by Gasteiger charge is 2.24. The molecule has 0 aromatic carbocycles. The summed E-state index contributed by atoms with van der Waals surface area (Å²) in [5, 5.41) is 4.04. The second-order valence-corrected chi connectivity index (χ2v) is 5.01. The highest BCUT2D eigenvalue weighted by molar-refractivity contribution is 5.99. The number of aryl methyl sites for hydroxylation is 1. The predicted molar refractivity (Wildman–Crippen MR) is 75.1 cm³/mol. The van der Waals surface area contributed by atoms with Gasteiger partial charge in [-0.3, -0.25) is 14.3 Å². The average molecular weight is 279 g/mol. The summed E-state index contributed by atoms with van der Waals surface area (Å²) < 4.78 is 1.55. The number of rotatable bonds is 4. The Morgan fingerprint density at radius 1 is 1.40 bits per heavy atom. The van der Waals surface area contributed by atoms with Crippen LogP contribution in [0.25, 0.3) is 0 Å². The van der Waals surface area contributed by atoms with Crippen LogP contribution in [-0.4, -0.2) is 58.1 Å². The van der Waals surface area contributed by atoms with Crippen molar-refractivity contribution in [1.82, 2.24) is 19.6 Å². The number of nitrogens with two attached hydrogens (primary N) is 1. The van der Waals surface area contributed by atoms with Crippen LogP contribution in [0.4, 0.5) is 5.69 Å². The molecule has 2 N–H and O–H groups in total. The van der Waals surface area contributed by atoms with Gasteiger partial charge in [-0.05, 0) is 19.8 Å². The minimum Gasteiger partial charge on any atom is -0.396 e. The van der Waals surface area contributed by atoms with Crippen LogP contribution in [-0.2, 0) is 11.3 Å². The largest absolute Gasteiger partial charge is 0.396 e. The van der Waals surface area contributed by atoms with Crippen molar-refractivity contribution in [3.8, 4) is 0 Å². The second-order valence-electron chi connectivity index (χ2n) is 5.01. The summed E-state index contributed by atoms with van der Waals surface area (Å²) in [6, 6.07) is 0. The minimum atomic E-state index is -0.269. The number of aromatic nitrogens is 2. The summed E-state index contributed by atoms with van der Waals surface area (Å²) in [6.07, 6.45) is 3.55. The zero-order valence-corrected chi connectivity index (χ0v) is 12.0. The van der Waals surface area contributed by atoms with Gasteiger partial charge in [-0.15, -0.1) is 0 Å². The lowest BCUT2D eigenvalue weighted by Crippen LogP contribution is -2.40. The van der Waals surface area contributed by atoms with E-state index in [2.05, 4.69) is 5.10 Å². The van der Waals surface area contributed by atoms with Crippen molar-refractivity contribution in [2.75, 3.05) is 32.4 Å². The first kappa shape index (κ1) is 14.4. The third kappa shape index (κ3) is 2.76. The maximum absolute atomic E-state index is 12.4. The number of likely N-dealkylation sites (N-methyl/N-ethyl adjacent to an activating group) is 1. The van der Waals surface area contributed by atoms with E-state index in [1.165, 1.54) is 11.1 Å². The topological polar surface area (TPSA) is 84.5 Å². The Bertz CT molecular complexity index is 505. The van der Waals surface area contributed by atoms with Gasteiger partial charge in [-0.2, -0.15) is 5.10 Å². The van der Waals surface area contributed by atoms with E-state index in [0.29, 0.717) is 17.9 Å². The molecule has 110 valence electrons. The molecular formula is C13H21N5O2. The Morgan fingerprint density at radius 3 is 2.65 bits per heavy atom. The maximum atomic E-state index is 12.4. The van der Waals surface area contributed by atoms with Gasteiger partial charge in [0.05, 0.1) is 18.4 Å². The molecule has 1 fully saturated rings. The van der Waals surface area contributed by atoms with Crippen molar-refractivity contribution < 1.29 is 9.59 Å². The van der Waals surface area contributed by atoms with Crippen molar-refractivity contribution in [3.63, 3.8) is 0 Å². The van der Waals surface area contributed by atoms with Crippen LogP contribution >= 0.6 is 0 Å². The quantitative estimate of drug-likeness (QED) is 0.852. The number of nitrogens with zero attached hydrogens (tertiary/aromatic N) is 4. The number of hydrogen-bond donors (Lipinski definition) is 1. The SMILES string of the molecule is CCn1ncc(N)c1C(=O)N(C)CC(=O)N1CCCC1. The molecule has 1 aromatic rings. The number of likely N-dealkylation sites (tertiary alicyclic amines) is 1. The Labute approximate surface area is 118 Å². The average Bonchev–Trinajstić information content (AvgIpc) is 3.06. The Balaban J connectivity index is 2.04. The lowest BCUT2D eigenvalue weighted by molar-refractivity contribution is -0.130. The van der Waals surface area contributed by atoms with Crippen LogP contribution < -0.4 is 5.73 Å². The molecule has 1 saturated heterocycles. The van der Waals surface area contributed by atoms with Crippen molar-refractivity contribution >= 4 is 17.5 Å². The van der Waals surface area contributed by atoms with Crippen LogP contribution in [0.5, 0.6) is 0 Å². The van der Waals surface area contributed by atoms with Crippen LogP contribution in [0.3, 0.4) is 0 Å². The zero-order valence-electron chi connectivity index (χ0n) is 12.0. The maximum Gasteiger partial charge on any atom is 0.274 e. The number of amides is 2. The second kappa shape index (κ2) is 5.94. The summed E-state index contributed by atoms with van der Waals surface area (Å²) in [5.74, 6) is -0.283. The molecule has 0 radical (unpaired) electrons. The smallest absolute Gasteiger partial charge is 0.274 e. The third-order valence-electron chi connectivity index (χ3n) is 3.55. The van der Waals surface area contributed by atoms with E-state index >= 15 is 0 Å². The van der Waals surface area contributed by atoms with Gasteiger partial charge in [-0.1, -0.05) is 0 Å². The van der Waals surface area contributed by atoms with Gasteiger partial charge in [0.1, 0.15) is 5.69 Å². The number of hydrogen-bond acceptors (Lipinski definition) is 4. The van der Waals surface area contributed by atoms with E-state index < -0.39 is 0 Å². The molecule has 1 aromatic heterocycles. The molecule has 0 aliphatic carbocycles. The van der Waals surface area contributed by atoms with Gasteiger partial charge < -0.3 is 15.5 Å². The number of nitrogen functional groups attached to an aromatic ring is 1. The Morgan fingerprint density at radius 2 is 2.05 bits per heavy atom. The van der Waals surface area contributed by atoms with Crippen molar-refractivity contribution in [2.24, 2.45) is 0 Å². The third-order valence-corrected chi connectivity index (χ3v) is 3.55. The van der Waals surface area contributed by atoms with Gasteiger partial charge in [0.15, 0.2) is 0 Å². The van der Waals surface area contributed by atoms with Crippen molar-refractivity contribution in [1.29, 1.82) is 0 Å². The lowest BCUT2D eigenvalue weighted by atomic mass is 10.3. The molecule has 1 aliphatic rings. The minimum absolute atomic E-state index is 0.0144. The summed E-state index contributed by atoms with van der Waals surface area (Å²) in [7, 11) is 1.61. The normalized spacial score (nSPS) is 14.6. The molecule has 0 unspecified atom stereocenters. The highest BCUT2D eigenvalue weighted by atomic mass is 16.2. The molecule has 2 rings (SSSR count). The lowest BCUT2D eigenvalue weighted by Gasteiger charge is -2.21. The first-order valence-corrected chi connectivity index (χ1v) is 6.89. The summed E-state index contributed by atoms with van der Waals surface area (Å²) in [5.41, 5.74) is 6.48. The van der Waals surface area contributed by atoms with Gasteiger partial charge in [-0.25, -0.2) is 0 Å². The number of anilines is 1. The Kier molecular flexibility index (Phi) is 4.26. The standard InChI is InChI=1S/C13H21N5O2/c1-3-18-12(10(14)8-15-18)13(20)16(2)9-11(19)17-6-4-5-7-17/h8H,3-7,9,14H2,1-2H3. The fourth-order valence-corrected chi connectivity index (χ4v) is 2.40. The van der Waals surface area contributed by atoms with E-state index in [9.17, 15) is 9.59 Å². The van der Waals surface area contributed by atoms with Crippen LogP contribution in [0, 0.1) is 0 Å². The summed E-state index contributed by atoms with van der Waals surface area (Å²) in [6.45, 7) is 4.10. The van der Waals surface area contributed by atoms with Crippen LogP contribution in [0.2, 0.25) is 0 Å². The van der Waals surface area contributed by atoms with E-state index in [4.69, 9.17) is 5.73 Å². The van der Waals surface area contributed by atoms with Crippen molar-refractivity contribution in [2.45, 2.75) is 26.3 Å². The zero-order chi connectivity index (χ0) is 14.7. The van der Waals surface area contributed by atoms with E-state index in [-0.39, 0.29) is 18.4 Å². The summed E-state index contributed by atoms with van der Waals surface area (Å²) in [4.78, 5) is 27.6. The molecule has 7 heteroatoms. The molecule has 20 heavy (non-hydrogen) atoms. The fourth-order valence-electron chi connectivity index (χ4n) is 2.40. The van der Waals surface area contributed by atoms with Gasteiger partial charge in [0.25, 0.3) is 5.91 Å². The molecule has 2 amide bonds. The fraction of sp³-hybridized carbons (Fsp3) is 0.615. The van der Waals surface area contributed by atoms with Crippen LogP contribution in [0.15, 0.2) is 6.20 Å². The Hall–Kier alpha value is -2.05. The van der Waals surface area contributed by atoms with E-state index in [0.717, 1.165) is 25.9 Å². The highest BCUT2D eigenvalue weighted by Crippen LogP contribution is 2.14. The monoisotopic (exact) mass is 279 g/mol. The van der Waals surface area contributed by atoms with Crippen LogP contribution in [0.1, 0.15) is 30.3 Å². The van der Waals surface area contributed by atoms with E-state index in [1.807, 2.05) is 6.92 Å². The van der Waals surface area contributed by atoms with Gasteiger partial charge in [0, 0.05) is 26.7 Å².